The molecule has 0 saturated heterocycles. The van der Waals surface area contributed by atoms with Gasteiger partial charge < -0.3 is 24.8 Å². The lowest BCUT2D eigenvalue weighted by Gasteiger charge is -2.15. The van der Waals surface area contributed by atoms with Crippen molar-refractivity contribution >= 4 is 5.96 Å². The third kappa shape index (κ3) is 5.21. The van der Waals surface area contributed by atoms with Gasteiger partial charge in [0.2, 0.25) is 6.79 Å². The minimum atomic E-state index is -2.95. The van der Waals surface area contributed by atoms with E-state index in [4.69, 9.17) is 9.47 Å². The van der Waals surface area contributed by atoms with Gasteiger partial charge in [-0.25, -0.2) is 4.39 Å². The first-order chi connectivity index (χ1) is 13.5. The smallest absolute Gasteiger partial charge is 0.387 e. The van der Waals surface area contributed by atoms with E-state index in [9.17, 15) is 13.2 Å². The minimum absolute atomic E-state index is 0.00788. The monoisotopic (exact) mass is 395 g/mol. The average Bonchev–Trinajstić information content (AvgIpc) is 3.12. The second kappa shape index (κ2) is 9.20. The Morgan fingerprint density at radius 2 is 1.86 bits per heavy atom. The molecule has 2 N–H and O–H groups in total. The molecule has 2 aromatic rings. The fourth-order valence-electron chi connectivity index (χ4n) is 2.69. The number of nitrogens with zero attached hydrogens (tertiary/aromatic N) is 1. The summed E-state index contributed by atoms with van der Waals surface area (Å²) >= 11 is 0. The van der Waals surface area contributed by atoms with Crippen molar-refractivity contribution in [3.05, 3.63) is 53.3 Å². The molecule has 0 spiro atoms. The quantitative estimate of drug-likeness (QED) is 0.557. The van der Waals surface area contributed by atoms with Gasteiger partial charge in [0.15, 0.2) is 17.5 Å². The Morgan fingerprint density at radius 3 is 2.54 bits per heavy atom. The van der Waals surface area contributed by atoms with Crippen molar-refractivity contribution < 1.29 is 27.4 Å². The Balaban J connectivity index is 1.57. The van der Waals surface area contributed by atoms with E-state index >= 15 is 0 Å². The van der Waals surface area contributed by atoms with Crippen LogP contribution in [0.15, 0.2) is 41.4 Å². The van der Waals surface area contributed by atoms with E-state index in [1.54, 1.807) is 25.2 Å². The lowest BCUT2D eigenvalue weighted by molar-refractivity contribution is -0.0505. The van der Waals surface area contributed by atoms with Crippen molar-refractivity contribution in [2.45, 2.75) is 19.6 Å². The summed E-state index contributed by atoms with van der Waals surface area (Å²) < 4.78 is 53.4. The van der Waals surface area contributed by atoms with Crippen LogP contribution in [0.25, 0.3) is 0 Å². The molecule has 1 aliphatic heterocycles. The summed E-state index contributed by atoms with van der Waals surface area (Å²) in [5, 5.41) is 6.16. The van der Waals surface area contributed by atoms with Crippen LogP contribution in [0.1, 0.15) is 11.1 Å². The second-order valence-electron chi connectivity index (χ2n) is 5.92. The number of fused-ring (bicyclic) bond motifs is 1. The molecular formula is C19H20F3N3O3. The Labute approximate surface area is 160 Å². The summed E-state index contributed by atoms with van der Waals surface area (Å²) in [6, 6.07) is 9.23. The highest BCUT2D eigenvalue weighted by Gasteiger charge is 2.20. The predicted octanol–water partition coefficient (Wildman–Crippen LogP) is 3.06. The number of rotatable bonds is 7. The molecule has 0 aromatic heterocycles. The summed E-state index contributed by atoms with van der Waals surface area (Å²) in [5.41, 5.74) is 1.46. The van der Waals surface area contributed by atoms with Crippen LogP contribution in [-0.4, -0.2) is 33.0 Å². The van der Waals surface area contributed by atoms with Gasteiger partial charge >= 0.3 is 6.61 Å². The molecule has 6 nitrogen and oxygen atoms in total. The highest BCUT2D eigenvalue weighted by Crippen LogP contribution is 2.38. The van der Waals surface area contributed by atoms with Crippen LogP contribution >= 0.6 is 0 Å². The Hall–Kier alpha value is -3.10. The Morgan fingerprint density at radius 1 is 1.14 bits per heavy atom. The van der Waals surface area contributed by atoms with E-state index in [-0.39, 0.29) is 24.9 Å². The number of alkyl halides is 2. The number of guanidine groups is 1. The number of aliphatic imine (C=N–C) groups is 1. The van der Waals surface area contributed by atoms with Crippen molar-refractivity contribution in [2.75, 3.05) is 20.4 Å². The fraction of sp³-hybridized carbons (Fsp3) is 0.316. The maximum absolute atomic E-state index is 12.9. The molecule has 0 amide bonds. The molecule has 9 heteroatoms. The average molecular weight is 395 g/mol. The third-order valence-electron chi connectivity index (χ3n) is 4.06. The van der Waals surface area contributed by atoms with Gasteiger partial charge in [-0.3, -0.25) is 4.99 Å². The molecule has 1 heterocycles. The molecule has 0 radical (unpaired) electrons. The number of nitrogens with one attached hydrogen (secondary N) is 2. The van der Waals surface area contributed by atoms with Crippen LogP contribution in [-0.2, 0) is 13.0 Å². The predicted molar refractivity (Wildman–Crippen MR) is 97.5 cm³/mol. The molecule has 0 aliphatic carbocycles. The van der Waals surface area contributed by atoms with Gasteiger partial charge in [0.05, 0.1) is 0 Å². The van der Waals surface area contributed by atoms with Crippen molar-refractivity contribution in [2.24, 2.45) is 4.99 Å². The largest absolute Gasteiger partial charge is 0.454 e. The summed E-state index contributed by atoms with van der Waals surface area (Å²) in [5.74, 6) is 1.05. The lowest BCUT2D eigenvalue weighted by Crippen LogP contribution is -2.38. The van der Waals surface area contributed by atoms with Crippen LogP contribution in [0, 0.1) is 5.82 Å². The van der Waals surface area contributed by atoms with Gasteiger partial charge in [-0.15, -0.1) is 0 Å². The third-order valence-corrected chi connectivity index (χ3v) is 4.06. The number of benzene rings is 2. The zero-order valence-corrected chi connectivity index (χ0v) is 15.2. The topological polar surface area (TPSA) is 64.1 Å². The standard InChI is InChI=1S/C19H20F3N3O3/c1-23-19(24-7-6-12-2-4-14(20)5-3-12)25-10-13-8-16-17(27-11-26-16)9-15(13)28-18(21)22/h2-5,8-9,18H,6-7,10-11H2,1H3,(H2,23,24,25). The normalized spacial score (nSPS) is 13.0. The number of halogens is 3. The van der Waals surface area contributed by atoms with Crippen LogP contribution in [0.5, 0.6) is 17.2 Å². The van der Waals surface area contributed by atoms with E-state index in [1.165, 1.54) is 18.2 Å². The highest BCUT2D eigenvalue weighted by atomic mass is 19.3. The lowest BCUT2D eigenvalue weighted by atomic mass is 10.1. The molecule has 2 aromatic carbocycles. The first kappa shape index (κ1) is 19.7. The van der Waals surface area contributed by atoms with Crippen LogP contribution in [0.4, 0.5) is 13.2 Å². The maximum Gasteiger partial charge on any atom is 0.387 e. The fourth-order valence-corrected chi connectivity index (χ4v) is 2.69. The molecule has 28 heavy (non-hydrogen) atoms. The summed E-state index contributed by atoms with van der Waals surface area (Å²) in [7, 11) is 1.60. The highest BCUT2D eigenvalue weighted by molar-refractivity contribution is 5.79. The van der Waals surface area contributed by atoms with Crippen LogP contribution < -0.4 is 24.8 Å². The van der Waals surface area contributed by atoms with Gasteiger partial charge in [-0.2, -0.15) is 8.78 Å². The molecule has 1 aliphatic rings. The van der Waals surface area contributed by atoms with E-state index < -0.39 is 6.61 Å². The second-order valence-corrected chi connectivity index (χ2v) is 5.92. The molecule has 3 rings (SSSR count). The molecule has 150 valence electrons. The van der Waals surface area contributed by atoms with Crippen LogP contribution in [0.3, 0.4) is 0 Å². The van der Waals surface area contributed by atoms with Crippen molar-refractivity contribution in [3.8, 4) is 17.2 Å². The van der Waals surface area contributed by atoms with Crippen molar-refractivity contribution in [1.29, 1.82) is 0 Å². The van der Waals surface area contributed by atoms with Crippen molar-refractivity contribution in [3.63, 3.8) is 0 Å². The summed E-state index contributed by atoms with van der Waals surface area (Å²) in [6.07, 6.45) is 0.671. The Kier molecular flexibility index (Phi) is 6.46. The van der Waals surface area contributed by atoms with Gasteiger partial charge in [0.1, 0.15) is 11.6 Å². The minimum Gasteiger partial charge on any atom is -0.454 e. The summed E-state index contributed by atoms with van der Waals surface area (Å²) in [6.45, 7) is -2.17. The SMILES string of the molecule is CN=C(NCCc1ccc(F)cc1)NCc1cc2c(cc1OC(F)F)OCO2. The number of ether oxygens (including phenoxy) is 3. The van der Waals surface area contributed by atoms with E-state index in [0.717, 1.165) is 5.56 Å². The number of hydrogen-bond acceptors (Lipinski definition) is 4. The van der Waals surface area contributed by atoms with Gasteiger partial charge in [0.25, 0.3) is 0 Å². The van der Waals surface area contributed by atoms with Crippen LogP contribution in [0.2, 0.25) is 0 Å². The first-order valence-corrected chi connectivity index (χ1v) is 8.61. The van der Waals surface area contributed by atoms with Gasteiger partial charge in [-0.05, 0) is 30.2 Å². The van der Waals surface area contributed by atoms with E-state index in [0.29, 0.717) is 36.0 Å². The van der Waals surface area contributed by atoms with E-state index in [1.807, 2.05) is 0 Å². The molecule has 0 saturated carbocycles. The molecule has 0 fully saturated rings. The van der Waals surface area contributed by atoms with Gasteiger partial charge in [-0.1, -0.05) is 12.1 Å². The van der Waals surface area contributed by atoms with Gasteiger partial charge in [0, 0.05) is 31.8 Å². The molecule has 0 bridgehead atoms. The molecular weight excluding hydrogens is 375 g/mol. The number of hydrogen-bond donors (Lipinski definition) is 2. The van der Waals surface area contributed by atoms with E-state index in [2.05, 4.69) is 20.4 Å². The van der Waals surface area contributed by atoms with Crippen molar-refractivity contribution in [1.82, 2.24) is 10.6 Å². The molecule has 0 unspecified atom stereocenters. The maximum atomic E-state index is 12.9. The zero-order chi connectivity index (χ0) is 19.9. The first-order valence-electron chi connectivity index (χ1n) is 8.61. The summed E-state index contributed by atoms with van der Waals surface area (Å²) in [4.78, 5) is 4.10. The zero-order valence-electron chi connectivity index (χ0n) is 15.2. The molecule has 0 atom stereocenters. The Bertz CT molecular complexity index is 829.